The third-order valence-corrected chi connectivity index (χ3v) is 2.51. The molecule has 0 heterocycles. The number of hydrogen-bond acceptors (Lipinski definition) is 4. The van der Waals surface area contributed by atoms with Crippen molar-refractivity contribution in [3.8, 4) is 5.75 Å². The molecule has 0 saturated carbocycles. The van der Waals surface area contributed by atoms with Crippen molar-refractivity contribution in [2.75, 3.05) is 7.05 Å². The molecule has 19 heavy (non-hydrogen) atoms. The molecule has 1 aromatic rings. The Hall–Kier alpha value is -2.08. The van der Waals surface area contributed by atoms with Gasteiger partial charge >= 0.3 is 6.03 Å². The first-order valence-electron chi connectivity index (χ1n) is 5.92. The molecule has 0 aliphatic rings. The minimum atomic E-state index is -0.850. The van der Waals surface area contributed by atoms with Gasteiger partial charge in [0.25, 0.3) is 5.91 Å². The molecule has 0 aromatic heterocycles. The Kier molecular flexibility index (Phi) is 5.32. The van der Waals surface area contributed by atoms with Crippen molar-refractivity contribution in [3.05, 3.63) is 29.8 Å². The van der Waals surface area contributed by atoms with E-state index in [0.29, 0.717) is 11.3 Å². The normalized spacial score (nSPS) is 13.3. The Balaban J connectivity index is 2.74. The van der Waals surface area contributed by atoms with Crippen molar-refractivity contribution in [1.29, 1.82) is 0 Å². The molecule has 0 saturated heterocycles. The molecule has 3 N–H and O–H groups in total. The van der Waals surface area contributed by atoms with Crippen LogP contribution in [0.5, 0.6) is 5.75 Å². The zero-order chi connectivity index (χ0) is 14.4. The number of aliphatic hydroxyl groups is 1. The molecular weight excluding hydrogens is 248 g/mol. The van der Waals surface area contributed by atoms with Crippen LogP contribution in [0.1, 0.15) is 25.5 Å². The Morgan fingerprint density at radius 2 is 1.89 bits per heavy atom. The van der Waals surface area contributed by atoms with Crippen LogP contribution in [-0.4, -0.2) is 30.2 Å². The quantitative estimate of drug-likeness (QED) is 0.757. The molecule has 0 aliphatic carbocycles. The summed E-state index contributed by atoms with van der Waals surface area (Å²) in [7, 11) is 1.41. The van der Waals surface area contributed by atoms with Crippen LogP contribution in [0.3, 0.4) is 0 Å². The molecule has 3 amide bonds. The number of rotatable bonds is 4. The van der Waals surface area contributed by atoms with Crippen LogP contribution in [0.4, 0.5) is 4.79 Å². The summed E-state index contributed by atoms with van der Waals surface area (Å²) in [6.07, 6.45) is -1.55. The molecule has 0 bridgehead atoms. The SMILES string of the molecule is CNC(=O)NC(=O)C(C)Oc1ccccc1C(C)O. The maximum atomic E-state index is 11.6. The molecule has 1 rings (SSSR count). The second kappa shape index (κ2) is 6.75. The maximum absolute atomic E-state index is 11.6. The van der Waals surface area contributed by atoms with Crippen molar-refractivity contribution in [2.45, 2.75) is 26.1 Å². The van der Waals surface area contributed by atoms with Gasteiger partial charge in [-0.25, -0.2) is 4.79 Å². The van der Waals surface area contributed by atoms with Crippen LogP contribution in [0.15, 0.2) is 24.3 Å². The van der Waals surface area contributed by atoms with Crippen LogP contribution < -0.4 is 15.4 Å². The molecular formula is C13H18N2O4. The number of aliphatic hydroxyl groups excluding tert-OH is 1. The molecule has 0 aliphatic heterocycles. The highest BCUT2D eigenvalue weighted by atomic mass is 16.5. The van der Waals surface area contributed by atoms with Gasteiger partial charge in [0.05, 0.1) is 6.10 Å². The van der Waals surface area contributed by atoms with Crippen molar-refractivity contribution in [1.82, 2.24) is 10.6 Å². The topological polar surface area (TPSA) is 87.7 Å². The van der Waals surface area contributed by atoms with Crippen LogP contribution in [0, 0.1) is 0 Å². The van der Waals surface area contributed by atoms with E-state index in [4.69, 9.17) is 4.74 Å². The van der Waals surface area contributed by atoms with Crippen LogP contribution in [-0.2, 0) is 4.79 Å². The summed E-state index contributed by atoms with van der Waals surface area (Å²) in [5.41, 5.74) is 0.585. The van der Waals surface area contributed by atoms with E-state index in [0.717, 1.165) is 0 Å². The van der Waals surface area contributed by atoms with Crippen molar-refractivity contribution in [3.63, 3.8) is 0 Å². The third-order valence-electron chi connectivity index (χ3n) is 2.51. The second-order valence-electron chi connectivity index (χ2n) is 4.04. The summed E-state index contributed by atoms with van der Waals surface area (Å²) >= 11 is 0. The smallest absolute Gasteiger partial charge is 0.321 e. The minimum Gasteiger partial charge on any atom is -0.481 e. The zero-order valence-electron chi connectivity index (χ0n) is 11.1. The van der Waals surface area contributed by atoms with Gasteiger partial charge in [-0.1, -0.05) is 18.2 Å². The molecule has 0 fully saturated rings. The molecule has 0 radical (unpaired) electrons. The van der Waals surface area contributed by atoms with Gasteiger partial charge in [0.1, 0.15) is 5.75 Å². The van der Waals surface area contributed by atoms with Gasteiger partial charge < -0.3 is 15.2 Å². The summed E-state index contributed by atoms with van der Waals surface area (Å²) in [6, 6.07) is 6.29. The number of benzene rings is 1. The van der Waals surface area contributed by atoms with E-state index in [-0.39, 0.29) is 0 Å². The molecule has 104 valence electrons. The molecule has 0 spiro atoms. The first-order valence-corrected chi connectivity index (χ1v) is 5.92. The first kappa shape index (κ1) is 15.0. The van der Waals surface area contributed by atoms with E-state index in [2.05, 4.69) is 10.6 Å². The molecule has 6 heteroatoms. The Morgan fingerprint density at radius 1 is 1.26 bits per heavy atom. The van der Waals surface area contributed by atoms with Gasteiger partial charge in [0, 0.05) is 12.6 Å². The third kappa shape index (κ3) is 4.26. The molecule has 2 unspecified atom stereocenters. The average Bonchev–Trinajstić information content (AvgIpc) is 2.38. The Bertz CT molecular complexity index is 460. The first-order chi connectivity index (χ1) is 8.95. The number of carbonyl (C=O) groups is 2. The number of carbonyl (C=O) groups excluding carboxylic acids is 2. The number of ether oxygens (including phenoxy) is 1. The predicted molar refractivity (Wildman–Crippen MR) is 69.8 cm³/mol. The van der Waals surface area contributed by atoms with E-state index in [1.54, 1.807) is 31.2 Å². The number of amides is 3. The summed E-state index contributed by atoms with van der Waals surface area (Å²) in [5.74, 6) is -0.142. The van der Waals surface area contributed by atoms with Gasteiger partial charge in [0.2, 0.25) is 0 Å². The number of urea groups is 1. The fourth-order valence-corrected chi connectivity index (χ4v) is 1.45. The Labute approximate surface area is 111 Å². The number of para-hydroxylation sites is 1. The summed E-state index contributed by atoms with van der Waals surface area (Å²) in [6.45, 7) is 3.13. The lowest BCUT2D eigenvalue weighted by Crippen LogP contribution is -2.44. The standard InChI is InChI=1S/C13H18N2O4/c1-8(16)10-6-4-5-7-11(10)19-9(2)12(17)15-13(18)14-3/h4-9,16H,1-3H3,(H2,14,15,17,18). The highest BCUT2D eigenvalue weighted by Crippen LogP contribution is 2.25. The lowest BCUT2D eigenvalue weighted by Gasteiger charge is -2.17. The van der Waals surface area contributed by atoms with Crippen molar-refractivity contribution < 1.29 is 19.4 Å². The molecule has 1 aromatic carbocycles. The van der Waals surface area contributed by atoms with E-state index < -0.39 is 24.1 Å². The molecule has 2 atom stereocenters. The van der Waals surface area contributed by atoms with E-state index in [9.17, 15) is 14.7 Å². The maximum Gasteiger partial charge on any atom is 0.321 e. The van der Waals surface area contributed by atoms with Gasteiger partial charge in [-0.3, -0.25) is 10.1 Å². The van der Waals surface area contributed by atoms with Gasteiger partial charge in [-0.2, -0.15) is 0 Å². The highest BCUT2D eigenvalue weighted by molar-refractivity contribution is 5.96. The fraction of sp³-hybridized carbons (Fsp3) is 0.385. The van der Waals surface area contributed by atoms with E-state index >= 15 is 0 Å². The van der Waals surface area contributed by atoms with Crippen molar-refractivity contribution in [2.24, 2.45) is 0 Å². The number of nitrogens with one attached hydrogen (secondary N) is 2. The predicted octanol–water partition coefficient (Wildman–Crippen LogP) is 0.963. The van der Waals surface area contributed by atoms with Gasteiger partial charge in [-0.15, -0.1) is 0 Å². The number of hydrogen-bond donors (Lipinski definition) is 3. The molecule has 6 nitrogen and oxygen atoms in total. The summed E-state index contributed by atoms with van der Waals surface area (Å²) < 4.78 is 5.46. The highest BCUT2D eigenvalue weighted by Gasteiger charge is 2.19. The largest absolute Gasteiger partial charge is 0.481 e. The second-order valence-corrected chi connectivity index (χ2v) is 4.04. The van der Waals surface area contributed by atoms with E-state index in [1.807, 2.05) is 0 Å². The zero-order valence-corrected chi connectivity index (χ0v) is 11.1. The number of imide groups is 1. The van der Waals surface area contributed by atoms with Gasteiger partial charge in [-0.05, 0) is 19.9 Å². The van der Waals surface area contributed by atoms with Gasteiger partial charge in [0.15, 0.2) is 6.10 Å². The Morgan fingerprint density at radius 3 is 2.47 bits per heavy atom. The monoisotopic (exact) mass is 266 g/mol. The fourth-order valence-electron chi connectivity index (χ4n) is 1.45. The average molecular weight is 266 g/mol. The van der Waals surface area contributed by atoms with E-state index in [1.165, 1.54) is 14.0 Å². The van der Waals surface area contributed by atoms with Crippen LogP contribution in [0.2, 0.25) is 0 Å². The lowest BCUT2D eigenvalue weighted by atomic mass is 10.1. The minimum absolute atomic E-state index is 0.414. The summed E-state index contributed by atoms with van der Waals surface area (Å²) in [4.78, 5) is 22.7. The van der Waals surface area contributed by atoms with Crippen LogP contribution >= 0.6 is 0 Å². The van der Waals surface area contributed by atoms with Crippen LogP contribution in [0.25, 0.3) is 0 Å². The van der Waals surface area contributed by atoms with Crippen molar-refractivity contribution >= 4 is 11.9 Å². The summed E-state index contributed by atoms with van der Waals surface area (Å²) in [5, 5.41) is 14.0. The lowest BCUT2D eigenvalue weighted by molar-refractivity contribution is -0.126.